The van der Waals surface area contributed by atoms with Crippen molar-refractivity contribution in [2.45, 2.75) is 6.42 Å². The lowest BCUT2D eigenvalue weighted by Gasteiger charge is -2.08. The molecule has 0 aliphatic rings. The first-order valence-electron chi connectivity index (χ1n) is 9.16. The number of fused-ring (bicyclic) bond motifs is 1. The summed E-state index contributed by atoms with van der Waals surface area (Å²) in [5.74, 6) is 0.174. The van der Waals surface area contributed by atoms with E-state index in [1.165, 1.54) is 17.3 Å². The average Bonchev–Trinajstić information content (AvgIpc) is 3.17. The first-order chi connectivity index (χ1) is 14.2. The summed E-state index contributed by atoms with van der Waals surface area (Å²) in [6.45, 7) is 0.664. The van der Waals surface area contributed by atoms with E-state index in [0.29, 0.717) is 23.6 Å². The van der Waals surface area contributed by atoms with Gasteiger partial charge in [0.25, 0.3) is 5.91 Å². The minimum Gasteiger partial charge on any atom is -0.370 e. The topological polar surface area (TPSA) is 106 Å². The summed E-state index contributed by atoms with van der Waals surface area (Å²) >= 11 is 0. The fourth-order valence-electron chi connectivity index (χ4n) is 3.12. The molecule has 0 spiro atoms. The Morgan fingerprint density at radius 3 is 2.83 bits per heavy atom. The van der Waals surface area contributed by atoms with Crippen molar-refractivity contribution >= 4 is 28.3 Å². The summed E-state index contributed by atoms with van der Waals surface area (Å²) in [6, 6.07) is 18.6. The zero-order chi connectivity index (χ0) is 20.1. The molecule has 0 bridgehead atoms. The maximum Gasteiger partial charge on any atom is 0.274 e. The Kier molecular flexibility index (Phi) is 5.16. The molecule has 7 nitrogen and oxygen atoms in total. The largest absolute Gasteiger partial charge is 0.370 e. The van der Waals surface area contributed by atoms with Crippen LogP contribution in [0.4, 0.5) is 11.5 Å². The average molecular weight is 382 g/mol. The number of hydrogen-bond acceptors (Lipinski definition) is 5. The van der Waals surface area contributed by atoms with Crippen molar-refractivity contribution in [2.75, 3.05) is 17.2 Å². The molecular weight excluding hydrogens is 364 g/mol. The third kappa shape index (κ3) is 4.06. The summed E-state index contributed by atoms with van der Waals surface area (Å²) in [5, 5.41) is 16.3. The van der Waals surface area contributed by atoms with Crippen LogP contribution in [0.3, 0.4) is 0 Å². The van der Waals surface area contributed by atoms with Crippen LogP contribution >= 0.6 is 0 Å². The van der Waals surface area contributed by atoms with Gasteiger partial charge in [0, 0.05) is 29.7 Å². The monoisotopic (exact) mass is 382 g/mol. The zero-order valence-corrected chi connectivity index (χ0v) is 15.5. The van der Waals surface area contributed by atoms with E-state index in [0.717, 1.165) is 11.9 Å². The molecule has 7 heteroatoms. The van der Waals surface area contributed by atoms with E-state index in [1.54, 1.807) is 30.3 Å². The molecule has 0 unspecified atom stereocenters. The van der Waals surface area contributed by atoms with E-state index in [9.17, 15) is 4.79 Å². The van der Waals surface area contributed by atoms with Crippen LogP contribution in [-0.2, 0) is 6.42 Å². The Hall–Kier alpha value is -4.18. The Morgan fingerprint density at radius 2 is 1.93 bits per heavy atom. The summed E-state index contributed by atoms with van der Waals surface area (Å²) in [7, 11) is 0. The molecule has 2 aromatic carbocycles. The highest BCUT2D eigenvalue weighted by Gasteiger charge is 2.11. The van der Waals surface area contributed by atoms with E-state index in [2.05, 4.69) is 37.7 Å². The molecule has 0 aliphatic carbocycles. The Bertz CT molecular complexity index is 1210. The molecule has 1 amide bonds. The molecule has 2 heterocycles. The van der Waals surface area contributed by atoms with Crippen LogP contribution in [0.25, 0.3) is 10.9 Å². The van der Waals surface area contributed by atoms with Crippen LogP contribution < -0.4 is 10.6 Å². The molecule has 4 aromatic rings. The van der Waals surface area contributed by atoms with Gasteiger partial charge in [0.05, 0.1) is 11.3 Å². The predicted octanol–water partition coefficient (Wildman–Crippen LogP) is 3.74. The Morgan fingerprint density at radius 1 is 1.10 bits per heavy atom. The summed E-state index contributed by atoms with van der Waals surface area (Å²) in [6.07, 6.45) is 4.17. The standard InChI is InChI=1S/C22H18N6O/c23-12-15-5-1-3-7-18(15)28-22(29)20-11-21(27-14-26-20)24-10-9-16-13-25-19-8-4-2-6-17(16)19/h1-8,11,13-14,25H,9-10H2,(H,28,29)(H,24,26,27). The highest BCUT2D eigenvalue weighted by atomic mass is 16.1. The number of nitrogens with zero attached hydrogens (tertiary/aromatic N) is 3. The van der Waals surface area contributed by atoms with Crippen LogP contribution in [0.2, 0.25) is 0 Å². The first-order valence-corrected chi connectivity index (χ1v) is 9.16. The van der Waals surface area contributed by atoms with Gasteiger partial charge >= 0.3 is 0 Å². The van der Waals surface area contributed by atoms with Gasteiger partial charge in [-0.1, -0.05) is 30.3 Å². The number of rotatable bonds is 6. The van der Waals surface area contributed by atoms with Gasteiger partial charge < -0.3 is 15.6 Å². The summed E-state index contributed by atoms with van der Waals surface area (Å²) in [4.78, 5) is 24.0. The van der Waals surface area contributed by atoms with Gasteiger partial charge in [-0.25, -0.2) is 9.97 Å². The number of para-hydroxylation sites is 2. The molecule has 0 radical (unpaired) electrons. The molecule has 0 aliphatic heterocycles. The quantitative estimate of drug-likeness (QED) is 0.471. The number of aromatic nitrogens is 3. The molecule has 4 rings (SSSR count). The lowest BCUT2D eigenvalue weighted by Crippen LogP contribution is -2.15. The van der Waals surface area contributed by atoms with Gasteiger partial charge in [0.1, 0.15) is 23.9 Å². The molecule has 0 fully saturated rings. The fraction of sp³-hybridized carbons (Fsp3) is 0.0909. The van der Waals surface area contributed by atoms with Crippen LogP contribution in [0.1, 0.15) is 21.6 Å². The fourth-order valence-corrected chi connectivity index (χ4v) is 3.12. The maximum atomic E-state index is 12.5. The number of nitrogens with one attached hydrogen (secondary N) is 3. The van der Waals surface area contributed by atoms with Crippen LogP contribution in [-0.4, -0.2) is 27.4 Å². The van der Waals surface area contributed by atoms with Gasteiger partial charge in [-0.2, -0.15) is 5.26 Å². The van der Waals surface area contributed by atoms with Gasteiger partial charge in [-0.15, -0.1) is 0 Å². The number of aromatic amines is 1. The SMILES string of the molecule is N#Cc1ccccc1NC(=O)c1cc(NCCc2c[nH]c3ccccc23)ncn1. The van der Waals surface area contributed by atoms with E-state index >= 15 is 0 Å². The second kappa shape index (κ2) is 8.23. The second-order valence-corrected chi connectivity index (χ2v) is 6.44. The van der Waals surface area contributed by atoms with E-state index in [-0.39, 0.29) is 5.69 Å². The van der Waals surface area contributed by atoms with Crippen LogP contribution in [0.5, 0.6) is 0 Å². The lowest BCUT2D eigenvalue weighted by molar-refractivity contribution is 0.102. The molecule has 0 atom stereocenters. The number of H-pyrrole nitrogens is 1. The number of amides is 1. The number of anilines is 2. The van der Waals surface area contributed by atoms with Crippen molar-refractivity contribution in [3.05, 3.63) is 83.9 Å². The molecule has 29 heavy (non-hydrogen) atoms. The minimum absolute atomic E-state index is 0.224. The van der Waals surface area contributed by atoms with Gasteiger partial charge in [0.2, 0.25) is 0 Å². The summed E-state index contributed by atoms with van der Waals surface area (Å²) < 4.78 is 0. The zero-order valence-electron chi connectivity index (χ0n) is 15.5. The number of carbonyl (C=O) groups is 1. The summed E-state index contributed by atoms with van der Waals surface area (Å²) in [5.41, 5.74) is 3.40. The number of nitriles is 1. The van der Waals surface area contributed by atoms with Gasteiger partial charge in [-0.05, 0) is 30.2 Å². The van der Waals surface area contributed by atoms with Crippen LogP contribution in [0, 0.1) is 11.3 Å². The molecular formula is C22H18N6O. The molecule has 3 N–H and O–H groups in total. The number of carbonyl (C=O) groups excluding carboxylic acids is 1. The maximum absolute atomic E-state index is 12.5. The predicted molar refractivity (Wildman–Crippen MR) is 112 cm³/mol. The van der Waals surface area contributed by atoms with Crippen LogP contribution in [0.15, 0.2) is 67.1 Å². The molecule has 0 saturated carbocycles. The highest BCUT2D eigenvalue weighted by molar-refractivity contribution is 6.03. The van der Waals surface area contributed by atoms with Gasteiger partial charge in [-0.3, -0.25) is 4.79 Å². The van der Waals surface area contributed by atoms with Crippen molar-refractivity contribution in [1.29, 1.82) is 5.26 Å². The second-order valence-electron chi connectivity index (χ2n) is 6.44. The Balaban J connectivity index is 1.41. The Labute approximate surface area is 167 Å². The third-order valence-electron chi connectivity index (χ3n) is 4.57. The smallest absolute Gasteiger partial charge is 0.274 e. The van der Waals surface area contributed by atoms with Gasteiger partial charge in [0.15, 0.2) is 0 Å². The molecule has 0 saturated heterocycles. The number of hydrogen-bond donors (Lipinski definition) is 3. The van der Waals surface area contributed by atoms with Crippen molar-refractivity contribution in [3.63, 3.8) is 0 Å². The van der Waals surface area contributed by atoms with E-state index in [1.807, 2.05) is 24.4 Å². The normalized spacial score (nSPS) is 10.4. The molecule has 2 aromatic heterocycles. The van der Waals surface area contributed by atoms with E-state index < -0.39 is 5.91 Å². The van der Waals surface area contributed by atoms with Crippen molar-refractivity contribution in [3.8, 4) is 6.07 Å². The van der Waals surface area contributed by atoms with E-state index in [4.69, 9.17) is 5.26 Å². The van der Waals surface area contributed by atoms with Crippen molar-refractivity contribution in [1.82, 2.24) is 15.0 Å². The lowest BCUT2D eigenvalue weighted by atomic mass is 10.1. The number of benzene rings is 2. The van der Waals surface area contributed by atoms with Crippen molar-refractivity contribution in [2.24, 2.45) is 0 Å². The first kappa shape index (κ1) is 18.2. The van der Waals surface area contributed by atoms with Crippen molar-refractivity contribution < 1.29 is 4.79 Å². The minimum atomic E-state index is -0.394. The third-order valence-corrected chi connectivity index (χ3v) is 4.57. The highest BCUT2D eigenvalue weighted by Crippen LogP contribution is 2.18. The molecule has 142 valence electrons.